The highest BCUT2D eigenvalue weighted by molar-refractivity contribution is 6.09. The van der Waals surface area contributed by atoms with Gasteiger partial charge in [-0.1, -0.05) is 25.1 Å². The molecule has 0 aliphatic rings. The van der Waals surface area contributed by atoms with Crippen molar-refractivity contribution >= 4 is 23.2 Å². The zero-order chi connectivity index (χ0) is 15.9. The Labute approximate surface area is 129 Å². The van der Waals surface area contributed by atoms with Crippen molar-refractivity contribution in [2.75, 3.05) is 17.6 Å². The van der Waals surface area contributed by atoms with Crippen LogP contribution in [0.15, 0.2) is 48.5 Å². The van der Waals surface area contributed by atoms with Crippen LogP contribution in [0.2, 0.25) is 0 Å². The molecule has 0 aliphatic carbocycles. The number of nitrogens with two attached hydrogens (primary N) is 1. The molecule has 0 bridgehead atoms. The Bertz CT molecular complexity index is 683. The topological polar surface area (TPSA) is 84.2 Å². The minimum atomic E-state index is -0.303. The molecule has 5 nitrogen and oxygen atoms in total. The second-order valence-electron chi connectivity index (χ2n) is 4.88. The first-order valence-corrected chi connectivity index (χ1v) is 7.16. The van der Waals surface area contributed by atoms with E-state index in [9.17, 15) is 9.59 Å². The molecule has 2 amide bonds. The van der Waals surface area contributed by atoms with Crippen molar-refractivity contribution in [2.24, 2.45) is 0 Å². The van der Waals surface area contributed by atoms with Crippen molar-refractivity contribution in [1.82, 2.24) is 5.32 Å². The number of carbonyl (C=O) groups excluding carboxylic acids is 2. The van der Waals surface area contributed by atoms with Gasteiger partial charge in [0.25, 0.3) is 11.8 Å². The number of hydrogen-bond acceptors (Lipinski definition) is 3. The number of amides is 2. The zero-order valence-electron chi connectivity index (χ0n) is 12.4. The number of hydrogen-bond donors (Lipinski definition) is 3. The predicted octanol–water partition coefficient (Wildman–Crippen LogP) is 2.66. The maximum Gasteiger partial charge on any atom is 0.255 e. The van der Waals surface area contributed by atoms with Crippen LogP contribution in [0.1, 0.15) is 34.1 Å². The quantitative estimate of drug-likeness (QED) is 0.742. The summed E-state index contributed by atoms with van der Waals surface area (Å²) in [4.78, 5) is 24.4. The molecule has 22 heavy (non-hydrogen) atoms. The monoisotopic (exact) mass is 297 g/mol. The van der Waals surface area contributed by atoms with Gasteiger partial charge in [-0.2, -0.15) is 0 Å². The molecule has 0 fully saturated rings. The van der Waals surface area contributed by atoms with Crippen LogP contribution in [0, 0.1) is 0 Å². The Hall–Kier alpha value is -2.82. The van der Waals surface area contributed by atoms with Crippen molar-refractivity contribution < 1.29 is 9.59 Å². The largest absolute Gasteiger partial charge is 0.399 e. The molecule has 2 aromatic rings. The Morgan fingerprint density at radius 2 is 1.82 bits per heavy atom. The van der Waals surface area contributed by atoms with Gasteiger partial charge in [0.15, 0.2) is 0 Å². The van der Waals surface area contributed by atoms with Crippen LogP contribution < -0.4 is 16.4 Å². The summed E-state index contributed by atoms with van der Waals surface area (Å²) in [6, 6.07) is 13.6. The van der Waals surface area contributed by atoms with Gasteiger partial charge in [0.1, 0.15) is 0 Å². The Balaban J connectivity index is 2.19. The number of carbonyl (C=O) groups is 2. The van der Waals surface area contributed by atoms with Crippen molar-refractivity contribution in [1.29, 1.82) is 0 Å². The number of benzene rings is 2. The molecular weight excluding hydrogens is 278 g/mol. The van der Waals surface area contributed by atoms with E-state index in [1.165, 1.54) is 0 Å². The highest BCUT2D eigenvalue weighted by atomic mass is 16.2. The van der Waals surface area contributed by atoms with Crippen LogP contribution in [0.3, 0.4) is 0 Å². The van der Waals surface area contributed by atoms with Crippen LogP contribution in [0.5, 0.6) is 0 Å². The van der Waals surface area contributed by atoms with E-state index in [0.29, 0.717) is 29.0 Å². The fourth-order valence-electron chi connectivity index (χ4n) is 2.00. The lowest BCUT2D eigenvalue weighted by Crippen LogP contribution is -2.25. The number of rotatable bonds is 5. The summed E-state index contributed by atoms with van der Waals surface area (Å²) in [5.41, 5.74) is 7.56. The summed E-state index contributed by atoms with van der Waals surface area (Å²) in [5, 5.41) is 5.56. The maximum absolute atomic E-state index is 12.3. The van der Waals surface area contributed by atoms with Gasteiger partial charge in [0.2, 0.25) is 0 Å². The van der Waals surface area contributed by atoms with E-state index < -0.39 is 0 Å². The van der Waals surface area contributed by atoms with Crippen LogP contribution in [-0.4, -0.2) is 18.4 Å². The van der Waals surface area contributed by atoms with Gasteiger partial charge in [0, 0.05) is 17.8 Å². The minimum Gasteiger partial charge on any atom is -0.399 e. The van der Waals surface area contributed by atoms with E-state index in [-0.39, 0.29) is 11.8 Å². The van der Waals surface area contributed by atoms with Crippen LogP contribution in [0.25, 0.3) is 0 Å². The minimum absolute atomic E-state index is 0.203. The Morgan fingerprint density at radius 1 is 1.05 bits per heavy atom. The number of nitrogen functional groups attached to an aromatic ring is 1. The molecular formula is C17H19N3O2. The van der Waals surface area contributed by atoms with E-state index in [1.54, 1.807) is 48.5 Å². The summed E-state index contributed by atoms with van der Waals surface area (Å²) < 4.78 is 0. The highest BCUT2D eigenvalue weighted by Crippen LogP contribution is 2.17. The molecule has 0 aliphatic heterocycles. The van der Waals surface area contributed by atoms with Crippen molar-refractivity contribution in [3.8, 4) is 0 Å². The molecule has 2 aromatic carbocycles. The SMILES string of the molecule is CCCNC(=O)c1ccccc1NC(=O)c1cccc(N)c1. The van der Waals surface area contributed by atoms with Crippen LogP contribution in [0.4, 0.5) is 11.4 Å². The molecule has 0 atom stereocenters. The first-order valence-electron chi connectivity index (χ1n) is 7.16. The Morgan fingerprint density at radius 3 is 2.55 bits per heavy atom. The van der Waals surface area contributed by atoms with Gasteiger partial charge < -0.3 is 16.4 Å². The molecule has 4 N–H and O–H groups in total. The summed E-state index contributed by atoms with van der Waals surface area (Å²) in [7, 11) is 0. The van der Waals surface area contributed by atoms with Crippen molar-refractivity contribution in [3.63, 3.8) is 0 Å². The fourth-order valence-corrected chi connectivity index (χ4v) is 2.00. The van der Waals surface area contributed by atoms with Crippen LogP contribution >= 0.6 is 0 Å². The van der Waals surface area contributed by atoms with Gasteiger partial charge in [-0.15, -0.1) is 0 Å². The molecule has 0 aromatic heterocycles. The van der Waals surface area contributed by atoms with E-state index in [1.807, 2.05) is 6.92 Å². The van der Waals surface area contributed by atoms with Gasteiger partial charge in [-0.3, -0.25) is 9.59 Å². The molecule has 0 spiro atoms. The zero-order valence-corrected chi connectivity index (χ0v) is 12.4. The fraction of sp³-hybridized carbons (Fsp3) is 0.176. The molecule has 114 valence electrons. The van der Waals surface area contributed by atoms with Gasteiger partial charge in [0.05, 0.1) is 11.3 Å². The van der Waals surface area contributed by atoms with Gasteiger partial charge in [-0.25, -0.2) is 0 Å². The summed E-state index contributed by atoms with van der Waals surface area (Å²) in [6.07, 6.45) is 0.851. The van der Waals surface area contributed by atoms with E-state index >= 15 is 0 Å². The molecule has 0 heterocycles. The number of anilines is 2. The lowest BCUT2D eigenvalue weighted by Gasteiger charge is -2.11. The van der Waals surface area contributed by atoms with Crippen molar-refractivity contribution in [3.05, 3.63) is 59.7 Å². The molecule has 0 saturated heterocycles. The second-order valence-corrected chi connectivity index (χ2v) is 4.88. The average Bonchev–Trinajstić information content (AvgIpc) is 2.53. The molecule has 2 rings (SSSR count). The smallest absolute Gasteiger partial charge is 0.255 e. The summed E-state index contributed by atoms with van der Waals surface area (Å²) >= 11 is 0. The third kappa shape index (κ3) is 3.85. The van der Waals surface area contributed by atoms with Crippen molar-refractivity contribution in [2.45, 2.75) is 13.3 Å². The molecule has 0 radical (unpaired) electrons. The van der Waals surface area contributed by atoms with E-state index in [4.69, 9.17) is 5.73 Å². The first-order chi connectivity index (χ1) is 10.6. The standard InChI is InChI=1S/C17H19N3O2/c1-2-10-19-17(22)14-8-3-4-9-15(14)20-16(21)12-6-5-7-13(18)11-12/h3-9,11H,2,10,18H2,1H3,(H,19,22)(H,20,21). The molecule has 0 unspecified atom stereocenters. The summed E-state index contributed by atoms with van der Waals surface area (Å²) in [6.45, 7) is 2.57. The molecule has 5 heteroatoms. The van der Waals surface area contributed by atoms with E-state index in [2.05, 4.69) is 10.6 Å². The first kappa shape index (κ1) is 15.6. The normalized spacial score (nSPS) is 10.0. The second kappa shape index (κ2) is 7.26. The number of nitrogens with one attached hydrogen (secondary N) is 2. The Kier molecular flexibility index (Phi) is 5.14. The average molecular weight is 297 g/mol. The van der Waals surface area contributed by atoms with E-state index in [0.717, 1.165) is 6.42 Å². The lowest BCUT2D eigenvalue weighted by atomic mass is 10.1. The van der Waals surface area contributed by atoms with Gasteiger partial charge in [-0.05, 0) is 36.8 Å². The summed E-state index contributed by atoms with van der Waals surface area (Å²) in [5.74, 6) is -0.506. The maximum atomic E-state index is 12.3. The lowest BCUT2D eigenvalue weighted by molar-refractivity contribution is 0.0954. The number of para-hydroxylation sites is 1. The molecule has 0 saturated carbocycles. The third-order valence-electron chi connectivity index (χ3n) is 3.10. The van der Waals surface area contributed by atoms with Gasteiger partial charge >= 0.3 is 0 Å². The third-order valence-corrected chi connectivity index (χ3v) is 3.10. The highest BCUT2D eigenvalue weighted by Gasteiger charge is 2.13. The van der Waals surface area contributed by atoms with Crippen LogP contribution in [-0.2, 0) is 0 Å². The predicted molar refractivity (Wildman–Crippen MR) is 87.9 cm³/mol.